The van der Waals surface area contributed by atoms with Crippen molar-refractivity contribution in [1.29, 1.82) is 0 Å². The summed E-state index contributed by atoms with van der Waals surface area (Å²) < 4.78 is 10.5. The van der Waals surface area contributed by atoms with Crippen LogP contribution in [0.4, 0.5) is 17.6 Å². The highest BCUT2D eigenvalue weighted by Crippen LogP contribution is 2.18. The van der Waals surface area contributed by atoms with Crippen molar-refractivity contribution in [2.24, 2.45) is 0 Å². The molecule has 12 heteroatoms. The number of anilines is 3. The summed E-state index contributed by atoms with van der Waals surface area (Å²) in [5, 5.41) is 20.0. The number of ether oxygens (including phenoxy) is 1. The molecule has 0 aliphatic heterocycles. The topological polar surface area (TPSA) is 156 Å². The first kappa shape index (κ1) is 22.7. The van der Waals surface area contributed by atoms with Gasteiger partial charge in [0.25, 0.3) is 5.91 Å². The molecule has 34 heavy (non-hydrogen) atoms. The second kappa shape index (κ2) is 10.4. The Labute approximate surface area is 195 Å². The average molecular weight is 464 g/mol. The predicted octanol–water partition coefficient (Wildman–Crippen LogP) is 2.40. The molecule has 4 heterocycles. The highest BCUT2D eigenvalue weighted by molar-refractivity contribution is 5.92. The number of nitrogens with zero attached hydrogens (tertiary/aromatic N) is 5. The van der Waals surface area contributed by atoms with Crippen LogP contribution < -0.4 is 20.7 Å². The van der Waals surface area contributed by atoms with Crippen molar-refractivity contribution in [3.63, 3.8) is 0 Å². The number of H-pyrrole nitrogens is 1. The largest absolute Gasteiger partial charge is 0.497 e. The van der Waals surface area contributed by atoms with Gasteiger partial charge in [-0.25, -0.2) is 9.97 Å². The van der Waals surface area contributed by atoms with Gasteiger partial charge in [0.05, 0.1) is 19.3 Å². The van der Waals surface area contributed by atoms with Crippen LogP contribution in [0, 0.1) is 6.92 Å². The van der Waals surface area contributed by atoms with E-state index >= 15 is 0 Å². The number of pyridine rings is 1. The van der Waals surface area contributed by atoms with Gasteiger partial charge in [-0.3, -0.25) is 9.89 Å². The Kier molecular flexibility index (Phi) is 6.96. The lowest BCUT2D eigenvalue weighted by atomic mass is 10.1. The van der Waals surface area contributed by atoms with E-state index in [-0.39, 0.29) is 5.91 Å². The molecule has 176 valence electrons. The first-order valence-corrected chi connectivity index (χ1v) is 10.6. The summed E-state index contributed by atoms with van der Waals surface area (Å²) in [6.07, 6.45) is 2.90. The molecular formula is C22H25N9O3. The molecule has 0 saturated heterocycles. The van der Waals surface area contributed by atoms with Crippen molar-refractivity contribution in [3.8, 4) is 5.75 Å². The highest BCUT2D eigenvalue weighted by Gasteiger charge is 2.11. The Hall–Kier alpha value is -4.48. The lowest BCUT2D eigenvalue weighted by Crippen LogP contribution is -2.20. The molecule has 0 aliphatic rings. The van der Waals surface area contributed by atoms with Crippen LogP contribution in [-0.4, -0.2) is 50.4 Å². The van der Waals surface area contributed by atoms with E-state index in [1.165, 1.54) is 0 Å². The average Bonchev–Trinajstić information content (AvgIpc) is 3.49. The Bertz CT molecular complexity index is 1270. The summed E-state index contributed by atoms with van der Waals surface area (Å²) in [7, 11) is 3.12. The molecule has 0 saturated carbocycles. The van der Waals surface area contributed by atoms with E-state index in [4.69, 9.17) is 9.26 Å². The van der Waals surface area contributed by atoms with E-state index in [2.05, 4.69) is 46.3 Å². The number of amides is 1. The molecule has 4 rings (SSSR count). The van der Waals surface area contributed by atoms with Crippen LogP contribution in [0.5, 0.6) is 5.75 Å². The van der Waals surface area contributed by atoms with E-state index in [0.29, 0.717) is 54.2 Å². The van der Waals surface area contributed by atoms with Crippen LogP contribution in [0.2, 0.25) is 0 Å². The van der Waals surface area contributed by atoms with Crippen LogP contribution in [0.15, 0.2) is 41.1 Å². The third-order valence-corrected chi connectivity index (χ3v) is 4.84. The van der Waals surface area contributed by atoms with E-state index in [1.807, 2.05) is 25.1 Å². The van der Waals surface area contributed by atoms with Gasteiger partial charge >= 0.3 is 0 Å². The van der Waals surface area contributed by atoms with Gasteiger partial charge in [-0.1, -0.05) is 5.16 Å². The molecule has 0 aromatic carbocycles. The summed E-state index contributed by atoms with van der Waals surface area (Å²) in [5.74, 6) is 2.68. The minimum Gasteiger partial charge on any atom is -0.497 e. The fraction of sp³-hybridized carbons (Fsp3) is 0.273. The van der Waals surface area contributed by atoms with Crippen LogP contribution in [0.25, 0.3) is 0 Å². The number of carbonyl (C=O) groups is 1. The number of nitrogens with one attached hydrogen (secondary N) is 4. The number of aryl methyl sites for hydroxylation is 3. The van der Waals surface area contributed by atoms with Crippen molar-refractivity contribution >= 4 is 23.5 Å². The quantitative estimate of drug-likeness (QED) is 0.275. The van der Waals surface area contributed by atoms with E-state index < -0.39 is 0 Å². The molecule has 0 fully saturated rings. The molecule has 4 N–H and O–H groups in total. The zero-order valence-electron chi connectivity index (χ0n) is 19.0. The second-order valence-corrected chi connectivity index (χ2v) is 7.42. The van der Waals surface area contributed by atoms with Gasteiger partial charge in [0, 0.05) is 48.9 Å². The van der Waals surface area contributed by atoms with Crippen LogP contribution in [-0.2, 0) is 19.4 Å². The number of aromatic amines is 1. The monoisotopic (exact) mass is 463 g/mol. The summed E-state index contributed by atoms with van der Waals surface area (Å²) in [6.45, 7) is 2.29. The number of hydrogen-bond donors (Lipinski definition) is 4. The van der Waals surface area contributed by atoms with Crippen LogP contribution in [0.1, 0.15) is 33.3 Å². The molecule has 0 bridgehead atoms. The first-order chi connectivity index (χ1) is 16.5. The maximum Gasteiger partial charge on any atom is 0.269 e. The number of carbonyl (C=O) groups excluding carboxylic acids is 1. The summed E-state index contributed by atoms with van der Waals surface area (Å²) >= 11 is 0. The molecular weight excluding hydrogens is 438 g/mol. The summed E-state index contributed by atoms with van der Waals surface area (Å²) in [6, 6.07) is 8.92. The molecule has 12 nitrogen and oxygen atoms in total. The van der Waals surface area contributed by atoms with Crippen molar-refractivity contribution in [2.45, 2.75) is 26.3 Å². The van der Waals surface area contributed by atoms with E-state index in [9.17, 15) is 4.79 Å². The Morgan fingerprint density at radius 3 is 2.79 bits per heavy atom. The second-order valence-electron chi connectivity index (χ2n) is 7.42. The lowest BCUT2D eigenvalue weighted by molar-refractivity contribution is 0.0957. The third kappa shape index (κ3) is 5.85. The highest BCUT2D eigenvalue weighted by atomic mass is 16.5. The van der Waals surface area contributed by atoms with Gasteiger partial charge in [-0.05, 0) is 25.8 Å². The van der Waals surface area contributed by atoms with Gasteiger partial charge < -0.3 is 25.2 Å². The Morgan fingerprint density at radius 1 is 1.15 bits per heavy atom. The number of aromatic nitrogens is 6. The van der Waals surface area contributed by atoms with Crippen molar-refractivity contribution in [2.75, 3.05) is 24.8 Å². The van der Waals surface area contributed by atoms with Crippen LogP contribution in [0.3, 0.4) is 0 Å². The van der Waals surface area contributed by atoms with E-state index in [0.717, 1.165) is 17.1 Å². The Balaban J connectivity index is 1.35. The number of rotatable bonds is 10. The normalized spacial score (nSPS) is 10.7. The predicted molar refractivity (Wildman–Crippen MR) is 124 cm³/mol. The molecule has 0 spiro atoms. The molecule has 0 aliphatic carbocycles. The van der Waals surface area contributed by atoms with Crippen molar-refractivity contribution in [3.05, 3.63) is 65.1 Å². The lowest BCUT2D eigenvalue weighted by Gasteiger charge is -2.07. The minimum absolute atomic E-state index is 0.261. The fourth-order valence-electron chi connectivity index (χ4n) is 3.18. The zero-order chi connectivity index (χ0) is 23.9. The maximum atomic E-state index is 11.9. The van der Waals surface area contributed by atoms with Crippen molar-refractivity contribution in [1.82, 2.24) is 35.6 Å². The molecule has 1 amide bonds. The fourth-order valence-corrected chi connectivity index (χ4v) is 3.18. The minimum atomic E-state index is -0.261. The summed E-state index contributed by atoms with van der Waals surface area (Å²) in [5.41, 5.74) is 2.78. The Morgan fingerprint density at radius 2 is 2.03 bits per heavy atom. The maximum absolute atomic E-state index is 11.9. The SMILES string of the molecule is CNC(=O)c1cc(OC)cc(CCc2cc(Nc3ccnc(NCc4cc(C)no4)n3)n[nH]2)n1. The van der Waals surface area contributed by atoms with Gasteiger partial charge in [-0.2, -0.15) is 10.1 Å². The molecule has 0 unspecified atom stereocenters. The standard InChI is InChI=1S/C22H25N9O3/c1-13-8-17(34-31-13)12-25-22-24-7-6-19(28-22)27-20-10-15(29-30-20)5-4-14-9-16(33-3)11-18(26-14)21(32)23-2/h6-11H,4-5,12H2,1-3H3,(H,23,32)(H3,24,25,27,28,29,30). The zero-order valence-corrected chi connectivity index (χ0v) is 19.0. The van der Waals surface area contributed by atoms with Crippen molar-refractivity contribution < 1.29 is 14.1 Å². The smallest absolute Gasteiger partial charge is 0.269 e. The van der Waals surface area contributed by atoms with E-state index in [1.54, 1.807) is 32.5 Å². The molecule has 0 atom stereocenters. The van der Waals surface area contributed by atoms with Gasteiger partial charge in [0.15, 0.2) is 11.6 Å². The third-order valence-electron chi connectivity index (χ3n) is 4.84. The molecule has 0 radical (unpaired) electrons. The molecule has 4 aromatic heterocycles. The first-order valence-electron chi connectivity index (χ1n) is 10.6. The van der Waals surface area contributed by atoms with Crippen LogP contribution >= 0.6 is 0 Å². The van der Waals surface area contributed by atoms with Gasteiger partial charge in [0.1, 0.15) is 17.3 Å². The van der Waals surface area contributed by atoms with Gasteiger partial charge in [-0.15, -0.1) is 0 Å². The number of hydrogen-bond acceptors (Lipinski definition) is 10. The number of methoxy groups -OCH3 is 1. The summed E-state index contributed by atoms with van der Waals surface area (Å²) in [4.78, 5) is 25.0. The van der Waals surface area contributed by atoms with Gasteiger partial charge in [0.2, 0.25) is 5.95 Å². The molecule has 4 aromatic rings.